The van der Waals surface area contributed by atoms with Crippen LogP contribution in [0.3, 0.4) is 0 Å². The maximum atomic E-state index is 13.2. The zero-order chi connectivity index (χ0) is 27.0. The zero-order valence-electron chi connectivity index (χ0n) is 22.1. The van der Waals surface area contributed by atoms with Gasteiger partial charge in [0.25, 0.3) is 5.91 Å². The summed E-state index contributed by atoms with van der Waals surface area (Å²) in [6, 6.07) is 29.9. The first-order valence-corrected chi connectivity index (χ1v) is 14.8. The molecule has 5 rings (SSSR count). The summed E-state index contributed by atoms with van der Waals surface area (Å²) in [5.41, 5.74) is 3.79. The molecule has 0 atom stereocenters. The van der Waals surface area contributed by atoms with Gasteiger partial charge in [-0.25, -0.2) is 9.97 Å². The van der Waals surface area contributed by atoms with Crippen LogP contribution in [-0.4, -0.2) is 29.0 Å². The first-order valence-electron chi connectivity index (χ1n) is 13.5. The van der Waals surface area contributed by atoms with Gasteiger partial charge < -0.3 is 10.2 Å². The Kier molecular flexibility index (Phi) is 9.17. The molecule has 0 spiro atoms. The van der Waals surface area contributed by atoms with Crippen LogP contribution in [0.2, 0.25) is 5.15 Å². The Morgan fingerprint density at radius 1 is 0.923 bits per heavy atom. The van der Waals surface area contributed by atoms with E-state index in [1.807, 2.05) is 91.0 Å². The fourth-order valence-electron chi connectivity index (χ4n) is 5.05. The molecule has 39 heavy (non-hydrogen) atoms. The van der Waals surface area contributed by atoms with Gasteiger partial charge in [-0.3, -0.25) is 4.79 Å². The molecule has 200 valence electrons. The minimum atomic E-state index is -0.226. The maximum absolute atomic E-state index is 13.2. The van der Waals surface area contributed by atoms with E-state index in [-0.39, 0.29) is 11.9 Å². The summed E-state index contributed by atoms with van der Waals surface area (Å²) >= 11 is 7.92. The van der Waals surface area contributed by atoms with Crippen molar-refractivity contribution in [2.45, 2.75) is 55.1 Å². The van der Waals surface area contributed by atoms with Crippen molar-refractivity contribution in [1.82, 2.24) is 15.3 Å². The summed E-state index contributed by atoms with van der Waals surface area (Å²) < 4.78 is 0. The number of amides is 1. The monoisotopic (exact) mass is 556 g/mol. The molecule has 1 aliphatic carbocycles. The second-order valence-corrected chi connectivity index (χ2v) is 11.3. The summed E-state index contributed by atoms with van der Waals surface area (Å²) in [4.78, 5) is 24.7. The highest BCUT2D eigenvalue weighted by Crippen LogP contribution is 2.29. The van der Waals surface area contributed by atoms with Crippen LogP contribution < -0.4 is 10.2 Å². The third-order valence-corrected chi connectivity index (χ3v) is 8.38. The summed E-state index contributed by atoms with van der Waals surface area (Å²) in [5.74, 6) is 1.45. The first kappa shape index (κ1) is 27.2. The molecule has 7 heteroatoms. The minimum Gasteiger partial charge on any atom is -0.357 e. The predicted octanol–water partition coefficient (Wildman–Crippen LogP) is 7.71. The van der Waals surface area contributed by atoms with Gasteiger partial charge >= 0.3 is 0 Å². The van der Waals surface area contributed by atoms with Crippen LogP contribution in [0.4, 0.5) is 5.82 Å². The van der Waals surface area contributed by atoms with Gasteiger partial charge in [-0.05, 0) is 41.7 Å². The molecule has 1 aromatic heterocycles. The van der Waals surface area contributed by atoms with E-state index in [9.17, 15) is 4.79 Å². The lowest BCUT2D eigenvalue weighted by Gasteiger charge is -2.32. The van der Waals surface area contributed by atoms with Crippen LogP contribution >= 0.6 is 23.4 Å². The molecule has 0 saturated heterocycles. The zero-order valence-corrected chi connectivity index (χ0v) is 23.7. The lowest BCUT2D eigenvalue weighted by Crippen LogP contribution is -2.34. The molecule has 1 aliphatic rings. The van der Waals surface area contributed by atoms with Gasteiger partial charge in [0.05, 0.1) is 6.04 Å². The minimum absolute atomic E-state index is 0.111. The molecule has 1 saturated carbocycles. The van der Waals surface area contributed by atoms with Crippen LogP contribution in [0.1, 0.15) is 65.2 Å². The molecule has 1 N–H and O–H groups in total. The molecule has 1 amide bonds. The molecule has 1 fully saturated rings. The van der Waals surface area contributed by atoms with Crippen LogP contribution in [0.25, 0.3) is 0 Å². The largest absolute Gasteiger partial charge is 0.357 e. The molecule has 3 aromatic carbocycles. The van der Waals surface area contributed by atoms with Crippen LogP contribution in [0, 0.1) is 0 Å². The van der Waals surface area contributed by atoms with Crippen molar-refractivity contribution in [1.29, 1.82) is 0 Å². The van der Waals surface area contributed by atoms with E-state index >= 15 is 0 Å². The Hall–Kier alpha value is -3.35. The van der Waals surface area contributed by atoms with Crippen molar-refractivity contribution in [2.24, 2.45) is 0 Å². The van der Waals surface area contributed by atoms with Crippen molar-refractivity contribution >= 4 is 35.1 Å². The molecule has 0 radical (unpaired) electrons. The Labute approximate surface area is 240 Å². The smallest absolute Gasteiger partial charge is 0.252 e. The van der Waals surface area contributed by atoms with Gasteiger partial charge in [0.15, 0.2) is 5.16 Å². The number of thioether (sulfide) groups is 1. The number of hydrogen-bond acceptors (Lipinski definition) is 5. The van der Waals surface area contributed by atoms with E-state index in [4.69, 9.17) is 16.6 Å². The van der Waals surface area contributed by atoms with Crippen molar-refractivity contribution < 1.29 is 4.79 Å². The fraction of sp³-hybridized carbons (Fsp3) is 0.281. The second kappa shape index (κ2) is 13.1. The van der Waals surface area contributed by atoms with Crippen LogP contribution in [0.15, 0.2) is 96.2 Å². The summed E-state index contributed by atoms with van der Waals surface area (Å²) in [6.07, 6.45) is 6.23. The van der Waals surface area contributed by atoms with Gasteiger partial charge in [0, 0.05) is 30.5 Å². The number of halogens is 1. The third kappa shape index (κ3) is 7.20. The van der Waals surface area contributed by atoms with Crippen molar-refractivity contribution in [3.05, 3.63) is 118 Å². The number of rotatable bonds is 9. The number of benzene rings is 3. The van der Waals surface area contributed by atoms with Crippen LogP contribution in [0.5, 0.6) is 0 Å². The molecule has 1 heterocycles. The second-order valence-electron chi connectivity index (χ2n) is 9.95. The molecule has 4 aromatic rings. The van der Waals surface area contributed by atoms with E-state index in [1.54, 1.807) is 11.8 Å². The number of carbonyl (C=O) groups excluding carboxylic acids is 1. The van der Waals surface area contributed by atoms with Crippen molar-refractivity contribution in [3.8, 4) is 0 Å². The molecule has 0 aliphatic heterocycles. The Morgan fingerprint density at radius 3 is 2.15 bits per heavy atom. The molecule has 5 nitrogen and oxygen atoms in total. The maximum Gasteiger partial charge on any atom is 0.252 e. The Bertz CT molecular complexity index is 1320. The normalized spacial score (nSPS) is 13.8. The summed E-state index contributed by atoms with van der Waals surface area (Å²) in [5, 5.41) is 4.33. The number of aromatic nitrogens is 2. The lowest BCUT2D eigenvalue weighted by molar-refractivity contribution is 0.0943. The standard InChI is InChI=1S/C32H33ClN4OS/c1-37(27-15-9-4-10-16-27)29-21-28(33)34-32(35-29)39-22-23-17-19-26(20-18-23)31(38)36-30(24-11-5-2-6-12-24)25-13-7-3-8-14-25/h2-3,5-8,11-14,17-21,27,30H,4,9-10,15-16,22H2,1H3,(H,36,38). The van der Waals surface area contributed by atoms with Gasteiger partial charge in [-0.2, -0.15) is 0 Å². The average molecular weight is 557 g/mol. The number of nitrogens with one attached hydrogen (secondary N) is 1. The predicted molar refractivity (Wildman–Crippen MR) is 161 cm³/mol. The first-order chi connectivity index (χ1) is 19.1. The number of anilines is 1. The van der Waals surface area contributed by atoms with E-state index in [0.29, 0.717) is 27.7 Å². The quantitative estimate of drug-likeness (QED) is 0.130. The topological polar surface area (TPSA) is 58.1 Å². The summed E-state index contributed by atoms with van der Waals surface area (Å²) in [6.45, 7) is 0. The van der Waals surface area contributed by atoms with Crippen molar-refractivity contribution in [2.75, 3.05) is 11.9 Å². The van der Waals surface area contributed by atoms with Crippen LogP contribution in [-0.2, 0) is 5.75 Å². The van der Waals surface area contributed by atoms with Gasteiger partial charge in [-0.1, -0.05) is 115 Å². The number of hydrogen-bond donors (Lipinski definition) is 1. The molecule has 0 unspecified atom stereocenters. The van der Waals surface area contributed by atoms with E-state index in [2.05, 4.69) is 22.2 Å². The van der Waals surface area contributed by atoms with Gasteiger partial charge in [-0.15, -0.1) is 0 Å². The highest BCUT2D eigenvalue weighted by molar-refractivity contribution is 7.98. The van der Waals surface area contributed by atoms with Crippen molar-refractivity contribution in [3.63, 3.8) is 0 Å². The highest BCUT2D eigenvalue weighted by Gasteiger charge is 2.21. The SMILES string of the molecule is CN(c1cc(Cl)nc(SCc2ccc(C(=O)NC(c3ccccc3)c3ccccc3)cc2)n1)C1CCCCC1. The molecular formula is C32H33ClN4OS. The van der Waals surface area contributed by atoms with E-state index < -0.39 is 0 Å². The average Bonchev–Trinajstić information content (AvgIpc) is 2.99. The highest BCUT2D eigenvalue weighted by atomic mass is 35.5. The van der Waals surface area contributed by atoms with Gasteiger partial charge in [0.2, 0.25) is 0 Å². The Morgan fingerprint density at radius 2 is 1.54 bits per heavy atom. The molecule has 0 bridgehead atoms. The summed E-state index contributed by atoms with van der Waals surface area (Å²) in [7, 11) is 2.10. The third-order valence-electron chi connectivity index (χ3n) is 7.27. The van der Waals surface area contributed by atoms with E-state index in [0.717, 1.165) is 22.5 Å². The Balaban J connectivity index is 1.23. The van der Waals surface area contributed by atoms with E-state index in [1.165, 1.54) is 32.1 Å². The number of carbonyl (C=O) groups is 1. The van der Waals surface area contributed by atoms with Gasteiger partial charge in [0.1, 0.15) is 11.0 Å². The lowest BCUT2D eigenvalue weighted by atomic mass is 9.94. The molecular weight excluding hydrogens is 524 g/mol. The fourth-order valence-corrected chi connectivity index (χ4v) is 6.09. The number of nitrogens with zero attached hydrogens (tertiary/aromatic N) is 3.